The molecule has 0 bridgehead atoms. The average Bonchev–Trinajstić information content (AvgIpc) is 2.94. The van der Waals surface area contributed by atoms with Gasteiger partial charge in [-0.15, -0.1) is 21.5 Å². The van der Waals surface area contributed by atoms with Crippen molar-refractivity contribution in [1.29, 1.82) is 0 Å². The Kier molecular flexibility index (Phi) is 5.11. The standard InChI is InChI=1S/C12H9Cl2N3O3S/c13-9-4-6(11(14)17-16-9)12(20)15-7(5-10(18)19)8-2-1-3-21-8/h1-4,7H,5H2,(H,15,20)(H,18,19). The second-order valence-corrected chi connectivity index (χ2v) is 5.74. The van der Waals surface area contributed by atoms with E-state index < -0.39 is 17.9 Å². The lowest BCUT2D eigenvalue weighted by Gasteiger charge is -2.15. The van der Waals surface area contributed by atoms with E-state index in [2.05, 4.69) is 15.5 Å². The number of aromatic nitrogens is 2. The average molecular weight is 346 g/mol. The highest BCUT2D eigenvalue weighted by atomic mass is 35.5. The molecule has 0 saturated carbocycles. The Morgan fingerprint density at radius 1 is 1.38 bits per heavy atom. The number of nitrogens with zero attached hydrogens (tertiary/aromatic N) is 2. The molecule has 0 radical (unpaired) electrons. The first-order valence-electron chi connectivity index (χ1n) is 5.72. The molecule has 110 valence electrons. The van der Waals surface area contributed by atoms with Gasteiger partial charge in [0, 0.05) is 4.88 Å². The third-order valence-electron chi connectivity index (χ3n) is 2.53. The number of carboxylic acids is 1. The van der Waals surface area contributed by atoms with Gasteiger partial charge in [0.05, 0.1) is 18.0 Å². The predicted molar refractivity (Wildman–Crippen MR) is 78.8 cm³/mol. The lowest BCUT2D eigenvalue weighted by Crippen LogP contribution is -2.30. The molecule has 21 heavy (non-hydrogen) atoms. The van der Waals surface area contributed by atoms with Crippen molar-refractivity contribution in [2.45, 2.75) is 12.5 Å². The zero-order valence-electron chi connectivity index (χ0n) is 10.4. The summed E-state index contributed by atoms with van der Waals surface area (Å²) in [6.45, 7) is 0. The van der Waals surface area contributed by atoms with Crippen LogP contribution in [0.1, 0.15) is 27.7 Å². The number of carbonyl (C=O) groups excluding carboxylic acids is 1. The van der Waals surface area contributed by atoms with Crippen LogP contribution in [0.5, 0.6) is 0 Å². The minimum atomic E-state index is -1.02. The van der Waals surface area contributed by atoms with Crippen LogP contribution in [0, 0.1) is 0 Å². The smallest absolute Gasteiger partial charge is 0.305 e. The fourth-order valence-corrected chi connectivity index (χ4v) is 2.74. The van der Waals surface area contributed by atoms with Crippen molar-refractivity contribution >= 4 is 46.4 Å². The number of hydrogen-bond acceptors (Lipinski definition) is 5. The molecule has 1 atom stereocenters. The molecule has 0 aliphatic carbocycles. The first-order chi connectivity index (χ1) is 9.97. The molecule has 0 aliphatic rings. The van der Waals surface area contributed by atoms with Crippen LogP contribution in [-0.2, 0) is 4.79 Å². The number of aliphatic carboxylic acids is 1. The normalized spacial score (nSPS) is 11.9. The van der Waals surface area contributed by atoms with Gasteiger partial charge >= 0.3 is 5.97 Å². The van der Waals surface area contributed by atoms with Gasteiger partial charge in [-0.2, -0.15) is 0 Å². The molecule has 1 amide bonds. The molecule has 0 saturated heterocycles. The molecule has 0 fully saturated rings. The minimum absolute atomic E-state index is 0.0236. The van der Waals surface area contributed by atoms with Gasteiger partial charge in [-0.3, -0.25) is 9.59 Å². The summed E-state index contributed by atoms with van der Waals surface area (Å²) in [6, 6.07) is 4.15. The Balaban J connectivity index is 2.22. The fourth-order valence-electron chi connectivity index (χ4n) is 1.64. The lowest BCUT2D eigenvalue weighted by atomic mass is 10.1. The molecule has 9 heteroatoms. The predicted octanol–water partition coefficient (Wildman–Crippen LogP) is 2.79. The molecular formula is C12H9Cl2N3O3S. The summed E-state index contributed by atoms with van der Waals surface area (Å²) in [5.74, 6) is -1.58. The van der Waals surface area contributed by atoms with Crippen molar-refractivity contribution in [2.24, 2.45) is 0 Å². The van der Waals surface area contributed by atoms with Gasteiger partial charge in [0.25, 0.3) is 5.91 Å². The SMILES string of the molecule is O=C(O)CC(NC(=O)c1cc(Cl)nnc1Cl)c1cccs1. The number of thiophene rings is 1. The van der Waals surface area contributed by atoms with Crippen molar-refractivity contribution in [3.8, 4) is 0 Å². The van der Waals surface area contributed by atoms with E-state index in [9.17, 15) is 9.59 Å². The van der Waals surface area contributed by atoms with E-state index in [0.29, 0.717) is 0 Å². The van der Waals surface area contributed by atoms with E-state index in [-0.39, 0.29) is 22.3 Å². The number of nitrogens with one attached hydrogen (secondary N) is 1. The summed E-state index contributed by atoms with van der Waals surface area (Å²) in [4.78, 5) is 23.9. The second kappa shape index (κ2) is 6.84. The van der Waals surface area contributed by atoms with Crippen LogP contribution in [0.4, 0.5) is 0 Å². The Labute approximate surface area is 133 Å². The van der Waals surface area contributed by atoms with Crippen molar-refractivity contribution in [1.82, 2.24) is 15.5 Å². The van der Waals surface area contributed by atoms with Gasteiger partial charge in [-0.1, -0.05) is 29.3 Å². The number of carbonyl (C=O) groups is 2. The molecule has 2 N–H and O–H groups in total. The van der Waals surface area contributed by atoms with Crippen LogP contribution >= 0.6 is 34.5 Å². The highest BCUT2D eigenvalue weighted by molar-refractivity contribution is 7.10. The summed E-state index contributed by atoms with van der Waals surface area (Å²) in [5.41, 5.74) is 0.0450. The summed E-state index contributed by atoms with van der Waals surface area (Å²) in [7, 11) is 0. The molecule has 6 nitrogen and oxygen atoms in total. The van der Waals surface area contributed by atoms with Crippen LogP contribution in [0.25, 0.3) is 0 Å². The van der Waals surface area contributed by atoms with E-state index in [1.54, 1.807) is 17.5 Å². The summed E-state index contributed by atoms with van der Waals surface area (Å²) in [5, 5.41) is 20.3. The maximum atomic E-state index is 12.2. The van der Waals surface area contributed by atoms with E-state index >= 15 is 0 Å². The summed E-state index contributed by atoms with van der Waals surface area (Å²) in [6.07, 6.45) is -0.240. The minimum Gasteiger partial charge on any atom is -0.481 e. The van der Waals surface area contributed by atoms with Gasteiger partial charge in [0.1, 0.15) is 0 Å². The molecule has 0 spiro atoms. The zero-order chi connectivity index (χ0) is 15.4. The van der Waals surface area contributed by atoms with Crippen LogP contribution in [0.15, 0.2) is 23.6 Å². The van der Waals surface area contributed by atoms with E-state index in [0.717, 1.165) is 4.88 Å². The highest BCUT2D eigenvalue weighted by Crippen LogP contribution is 2.23. The first kappa shape index (κ1) is 15.7. The monoisotopic (exact) mass is 345 g/mol. The highest BCUT2D eigenvalue weighted by Gasteiger charge is 2.21. The number of amides is 1. The van der Waals surface area contributed by atoms with Crippen molar-refractivity contribution < 1.29 is 14.7 Å². The topological polar surface area (TPSA) is 92.2 Å². The van der Waals surface area contributed by atoms with E-state index in [1.165, 1.54) is 17.4 Å². The molecule has 2 aromatic rings. The fraction of sp³-hybridized carbons (Fsp3) is 0.167. The van der Waals surface area contributed by atoms with Crippen molar-refractivity contribution in [3.05, 3.63) is 44.3 Å². The Morgan fingerprint density at radius 3 is 2.76 bits per heavy atom. The third-order valence-corrected chi connectivity index (χ3v) is 3.98. The van der Waals surface area contributed by atoms with Crippen LogP contribution < -0.4 is 5.32 Å². The van der Waals surface area contributed by atoms with Crippen molar-refractivity contribution in [2.75, 3.05) is 0 Å². The van der Waals surface area contributed by atoms with E-state index in [4.69, 9.17) is 28.3 Å². The summed E-state index contributed by atoms with van der Waals surface area (Å²) < 4.78 is 0. The Hall–Kier alpha value is -1.70. The zero-order valence-corrected chi connectivity index (χ0v) is 12.7. The number of carboxylic acid groups (broad SMARTS) is 1. The van der Waals surface area contributed by atoms with Gasteiger partial charge < -0.3 is 10.4 Å². The maximum Gasteiger partial charge on any atom is 0.305 e. The van der Waals surface area contributed by atoms with E-state index in [1.807, 2.05) is 0 Å². The molecule has 1 unspecified atom stereocenters. The molecule has 2 rings (SSSR count). The third kappa shape index (κ3) is 4.13. The van der Waals surface area contributed by atoms with Crippen LogP contribution in [-0.4, -0.2) is 27.2 Å². The summed E-state index contributed by atoms with van der Waals surface area (Å²) >= 11 is 12.8. The number of halogens is 2. The maximum absolute atomic E-state index is 12.2. The second-order valence-electron chi connectivity index (χ2n) is 4.01. The molecule has 2 aromatic heterocycles. The molecule has 0 aliphatic heterocycles. The molecule has 0 aromatic carbocycles. The van der Waals surface area contributed by atoms with Gasteiger partial charge in [-0.05, 0) is 17.5 Å². The van der Waals surface area contributed by atoms with Crippen molar-refractivity contribution in [3.63, 3.8) is 0 Å². The quantitative estimate of drug-likeness (QED) is 0.869. The largest absolute Gasteiger partial charge is 0.481 e. The molecule has 2 heterocycles. The lowest BCUT2D eigenvalue weighted by molar-refractivity contribution is -0.137. The van der Waals surface area contributed by atoms with Crippen LogP contribution in [0.2, 0.25) is 10.3 Å². The molecular weight excluding hydrogens is 337 g/mol. The van der Waals surface area contributed by atoms with Gasteiger partial charge in [0.15, 0.2) is 10.3 Å². The van der Waals surface area contributed by atoms with Gasteiger partial charge in [0.2, 0.25) is 0 Å². The Morgan fingerprint density at radius 2 is 2.14 bits per heavy atom. The van der Waals surface area contributed by atoms with Crippen LogP contribution in [0.3, 0.4) is 0 Å². The first-order valence-corrected chi connectivity index (χ1v) is 7.35. The van der Waals surface area contributed by atoms with Gasteiger partial charge in [-0.25, -0.2) is 0 Å². The Bertz CT molecular complexity index is 664. The number of hydrogen-bond donors (Lipinski definition) is 2. The number of rotatable bonds is 5.